The van der Waals surface area contributed by atoms with Crippen molar-refractivity contribution in [1.82, 2.24) is 0 Å². The molecule has 32 heavy (non-hydrogen) atoms. The second kappa shape index (κ2) is 9.69. The third kappa shape index (κ3) is 4.83. The fraction of sp³-hybridized carbons (Fsp3) is 0. The van der Waals surface area contributed by atoms with Crippen LogP contribution in [0.4, 0.5) is 0 Å². The van der Waals surface area contributed by atoms with Crippen LogP contribution in [0.3, 0.4) is 0 Å². The van der Waals surface area contributed by atoms with Crippen LogP contribution in [0.1, 0.15) is 20.7 Å². The zero-order valence-electron chi connectivity index (χ0n) is 16.6. The highest BCUT2D eigenvalue weighted by Gasteiger charge is 2.20. The van der Waals surface area contributed by atoms with Gasteiger partial charge in [-0.2, -0.15) is 0 Å². The first-order valence-electron chi connectivity index (χ1n) is 9.66. The quantitative estimate of drug-likeness (QED) is 0.234. The van der Waals surface area contributed by atoms with Crippen molar-refractivity contribution in [2.24, 2.45) is 0 Å². The van der Waals surface area contributed by atoms with Gasteiger partial charge in [-0.25, -0.2) is 9.59 Å². The normalized spacial score (nSPS) is 10.4. The SMILES string of the molecule is O=C(Oc1ccccc1Cl)c1ccc(C(=O)Oc2ccccc2Cl)c(-c2ccccc2)c1. The lowest BCUT2D eigenvalue weighted by Crippen LogP contribution is -2.13. The number of rotatable bonds is 5. The van der Waals surface area contributed by atoms with Gasteiger partial charge >= 0.3 is 11.9 Å². The molecular weight excluding hydrogens is 447 g/mol. The number of esters is 2. The Bertz CT molecular complexity index is 1290. The van der Waals surface area contributed by atoms with Gasteiger partial charge in [0, 0.05) is 0 Å². The summed E-state index contributed by atoms with van der Waals surface area (Å²) in [5.41, 5.74) is 1.81. The summed E-state index contributed by atoms with van der Waals surface area (Å²) < 4.78 is 10.9. The molecule has 0 aromatic heterocycles. The summed E-state index contributed by atoms with van der Waals surface area (Å²) >= 11 is 12.2. The van der Waals surface area contributed by atoms with E-state index in [4.69, 9.17) is 32.7 Å². The number of hydrogen-bond acceptors (Lipinski definition) is 4. The molecule has 0 spiro atoms. The molecule has 0 radical (unpaired) electrons. The van der Waals surface area contributed by atoms with Crippen molar-refractivity contribution in [2.45, 2.75) is 0 Å². The maximum absolute atomic E-state index is 13.0. The van der Waals surface area contributed by atoms with Crippen LogP contribution in [0, 0.1) is 0 Å². The van der Waals surface area contributed by atoms with Gasteiger partial charge in [0.25, 0.3) is 0 Å². The summed E-state index contributed by atoms with van der Waals surface area (Å²) in [7, 11) is 0. The van der Waals surface area contributed by atoms with E-state index in [-0.39, 0.29) is 22.6 Å². The lowest BCUT2D eigenvalue weighted by molar-refractivity contribution is 0.0721. The van der Waals surface area contributed by atoms with Crippen LogP contribution in [-0.4, -0.2) is 11.9 Å². The Morgan fingerprint density at radius 2 is 1.12 bits per heavy atom. The van der Waals surface area contributed by atoms with E-state index in [0.717, 1.165) is 5.56 Å². The first kappa shape index (κ1) is 21.6. The van der Waals surface area contributed by atoms with Crippen LogP contribution < -0.4 is 9.47 Å². The zero-order valence-corrected chi connectivity index (χ0v) is 18.1. The second-order valence-electron chi connectivity index (χ2n) is 6.77. The lowest BCUT2D eigenvalue weighted by atomic mass is 9.97. The molecule has 0 unspecified atom stereocenters. The monoisotopic (exact) mass is 462 g/mol. The van der Waals surface area contributed by atoms with Crippen LogP contribution in [0.5, 0.6) is 11.5 Å². The van der Waals surface area contributed by atoms with Gasteiger partial charge in [-0.15, -0.1) is 0 Å². The summed E-state index contributed by atoms with van der Waals surface area (Å²) in [5.74, 6) is -0.688. The molecule has 4 aromatic carbocycles. The van der Waals surface area contributed by atoms with Crippen LogP contribution in [0.25, 0.3) is 11.1 Å². The summed E-state index contributed by atoms with van der Waals surface area (Å²) in [4.78, 5) is 25.7. The molecule has 0 aliphatic carbocycles. The van der Waals surface area contributed by atoms with Gasteiger partial charge < -0.3 is 9.47 Å². The number of halogens is 2. The van der Waals surface area contributed by atoms with Gasteiger partial charge in [0.2, 0.25) is 0 Å². The summed E-state index contributed by atoms with van der Waals surface area (Å²) in [5, 5.41) is 0.645. The van der Waals surface area contributed by atoms with E-state index in [1.54, 1.807) is 54.6 Å². The topological polar surface area (TPSA) is 52.6 Å². The van der Waals surface area contributed by atoms with Crippen molar-refractivity contribution in [1.29, 1.82) is 0 Å². The fourth-order valence-corrected chi connectivity index (χ4v) is 3.42. The third-order valence-corrected chi connectivity index (χ3v) is 5.26. The van der Waals surface area contributed by atoms with Crippen LogP contribution >= 0.6 is 23.2 Å². The molecule has 4 aromatic rings. The molecule has 0 saturated heterocycles. The highest BCUT2D eigenvalue weighted by Crippen LogP contribution is 2.30. The molecule has 0 amide bonds. The first-order valence-corrected chi connectivity index (χ1v) is 10.4. The molecule has 0 aliphatic heterocycles. The Labute approximate surface area is 194 Å². The van der Waals surface area contributed by atoms with Gasteiger partial charge in [0.1, 0.15) is 11.5 Å². The standard InChI is InChI=1S/C26H16Cl2O4/c27-21-10-4-6-12-23(21)31-25(29)18-14-15-19(20(16-18)17-8-2-1-3-9-17)26(30)32-24-13-7-5-11-22(24)28/h1-16H. The van der Waals surface area contributed by atoms with Gasteiger partial charge in [0.05, 0.1) is 21.2 Å². The average molecular weight is 463 g/mol. The van der Waals surface area contributed by atoms with E-state index < -0.39 is 11.9 Å². The van der Waals surface area contributed by atoms with Crippen molar-refractivity contribution in [3.8, 4) is 22.6 Å². The predicted octanol–water partition coefficient (Wildman–Crippen LogP) is 7.10. The van der Waals surface area contributed by atoms with E-state index in [1.807, 2.05) is 30.3 Å². The van der Waals surface area contributed by atoms with Crippen molar-refractivity contribution in [2.75, 3.05) is 0 Å². The molecule has 0 saturated carbocycles. The number of hydrogen-bond donors (Lipinski definition) is 0. The van der Waals surface area contributed by atoms with E-state index in [0.29, 0.717) is 15.6 Å². The maximum Gasteiger partial charge on any atom is 0.344 e. The molecule has 0 heterocycles. The highest BCUT2D eigenvalue weighted by atomic mass is 35.5. The van der Waals surface area contributed by atoms with Gasteiger partial charge in [-0.3, -0.25) is 0 Å². The van der Waals surface area contributed by atoms with Crippen LogP contribution in [0.2, 0.25) is 10.0 Å². The molecule has 4 nitrogen and oxygen atoms in total. The largest absolute Gasteiger partial charge is 0.421 e. The van der Waals surface area contributed by atoms with E-state index >= 15 is 0 Å². The number of benzene rings is 4. The molecule has 0 fully saturated rings. The minimum absolute atomic E-state index is 0.250. The molecule has 0 bridgehead atoms. The Kier molecular flexibility index (Phi) is 6.55. The molecule has 158 valence electrons. The van der Waals surface area contributed by atoms with Gasteiger partial charge in [-0.1, -0.05) is 77.8 Å². The van der Waals surface area contributed by atoms with Crippen molar-refractivity contribution >= 4 is 35.1 Å². The Hall–Kier alpha value is -3.60. The molecule has 4 rings (SSSR count). The fourth-order valence-electron chi connectivity index (χ4n) is 3.07. The number of ether oxygens (including phenoxy) is 2. The Morgan fingerprint density at radius 1 is 0.594 bits per heavy atom. The molecule has 0 N–H and O–H groups in total. The van der Waals surface area contributed by atoms with Crippen molar-refractivity contribution < 1.29 is 19.1 Å². The highest BCUT2D eigenvalue weighted by molar-refractivity contribution is 6.32. The van der Waals surface area contributed by atoms with E-state index in [9.17, 15) is 9.59 Å². The smallest absolute Gasteiger partial charge is 0.344 e. The number of para-hydroxylation sites is 2. The Balaban J connectivity index is 1.70. The maximum atomic E-state index is 13.0. The van der Waals surface area contributed by atoms with Gasteiger partial charge in [0.15, 0.2) is 0 Å². The average Bonchev–Trinajstić information content (AvgIpc) is 2.82. The third-order valence-electron chi connectivity index (χ3n) is 4.64. The molecule has 0 atom stereocenters. The number of carbonyl (C=O) groups excluding carboxylic acids is 2. The van der Waals surface area contributed by atoms with Crippen LogP contribution in [0.15, 0.2) is 97.1 Å². The minimum Gasteiger partial charge on any atom is -0.421 e. The predicted molar refractivity (Wildman–Crippen MR) is 125 cm³/mol. The van der Waals surface area contributed by atoms with Gasteiger partial charge in [-0.05, 0) is 53.6 Å². The molecule has 0 aliphatic rings. The number of carbonyl (C=O) groups is 2. The molecular formula is C26H16Cl2O4. The zero-order chi connectivity index (χ0) is 22.5. The minimum atomic E-state index is -0.596. The molecule has 6 heteroatoms. The van der Waals surface area contributed by atoms with E-state index in [2.05, 4.69) is 0 Å². The summed E-state index contributed by atoms with van der Waals surface area (Å²) in [6.45, 7) is 0. The van der Waals surface area contributed by atoms with E-state index in [1.165, 1.54) is 12.1 Å². The van der Waals surface area contributed by atoms with Crippen molar-refractivity contribution in [3.05, 3.63) is 118 Å². The Morgan fingerprint density at radius 3 is 1.72 bits per heavy atom. The second-order valence-corrected chi connectivity index (χ2v) is 7.58. The summed E-state index contributed by atoms with van der Waals surface area (Å²) in [6, 6.07) is 27.3. The van der Waals surface area contributed by atoms with Crippen molar-refractivity contribution in [3.63, 3.8) is 0 Å². The van der Waals surface area contributed by atoms with Crippen LogP contribution in [-0.2, 0) is 0 Å². The lowest BCUT2D eigenvalue weighted by Gasteiger charge is -2.13. The first-order chi connectivity index (χ1) is 15.5. The summed E-state index contributed by atoms with van der Waals surface area (Å²) in [6.07, 6.45) is 0.